The van der Waals surface area contributed by atoms with Crippen molar-refractivity contribution in [1.29, 1.82) is 0 Å². The molecule has 0 aliphatic rings. The quantitative estimate of drug-likeness (QED) is 0.231. The molecule has 0 aromatic heterocycles. The maximum Gasteiger partial charge on any atom is 0.270 e. The molecule has 24 heavy (non-hydrogen) atoms. The van der Waals surface area contributed by atoms with Gasteiger partial charge in [-0.1, -0.05) is 24.3 Å². The van der Waals surface area contributed by atoms with Crippen molar-refractivity contribution in [3.63, 3.8) is 0 Å². The molecule has 0 N–H and O–H groups in total. The number of para-hydroxylation sites is 1. The van der Waals surface area contributed by atoms with Gasteiger partial charge in [-0.2, -0.15) is 0 Å². The molecule has 0 heterocycles. The van der Waals surface area contributed by atoms with E-state index < -0.39 is 4.92 Å². The van der Waals surface area contributed by atoms with Gasteiger partial charge in [-0.3, -0.25) is 14.9 Å². The number of carbonyl (C=O) groups excluding carboxylic acids is 1. The van der Waals surface area contributed by atoms with Crippen LogP contribution in [-0.4, -0.2) is 24.4 Å². The highest BCUT2D eigenvalue weighted by Crippen LogP contribution is 2.23. The molecule has 0 saturated heterocycles. The molecule has 2 aromatic carbocycles. The Morgan fingerprint density at radius 2 is 1.79 bits per heavy atom. The first-order valence-corrected chi connectivity index (χ1v) is 7.33. The number of carbonyl (C=O) groups is 1. The molecule has 6 heteroatoms. The second-order valence-corrected chi connectivity index (χ2v) is 4.89. The Morgan fingerprint density at radius 1 is 1.08 bits per heavy atom. The summed E-state index contributed by atoms with van der Waals surface area (Å²) in [7, 11) is 0. The van der Waals surface area contributed by atoms with Crippen LogP contribution in [0.5, 0.6) is 11.5 Å². The number of nitro groups is 1. The molecule has 0 radical (unpaired) electrons. The maximum atomic E-state index is 11.0. The molecule has 124 valence electrons. The molecule has 0 aliphatic heterocycles. The number of nitrogens with zero attached hydrogens (tertiary/aromatic N) is 1. The van der Waals surface area contributed by atoms with Crippen molar-refractivity contribution in [1.82, 2.24) is 0 Å². The normalized spacial score (nSPS) is 10.0. The standard InChI is InChI=1S/C18H17NO5/c1-2-5-14-6-3-4-7-17(14)23-10-11-24-18-9-8-16(19(21)22)12-15(18)13-20/h2-4,6-9,12-13H,1,5,10-11H2. The fraction of sp³-hybridized carbons (Fsp3) is 0.167. The molecule has 0 amide bonds. The monoisotopic (exact) mass is 327 g/mol. The Balaban J connectivity index is 1.94. The van der Waals surface area contributed by atoms with Crippen LogP contribution in [0.15, 0.2) is 55.1 Å². The number of rotatable bonds is 9. The van der Waals surface area contributed by atoms with Crippen LogP contribution in [0.25, 0.3) is 0 Å². The molecular weight excluding hydrogens is 310 g/mol. The van der Waals surface area contributed by atoms with Crippen LogP contribution in [-0.2, 0) is 6.42 Å². The average molecular weight is 327 g/mol. The van der Waals surface area contributed by atoms with Crippen LogP contribution in [0.4, 0.5) is 5.69 Å². The molecule has 0 fully saturated rings. The van der Waals surface area contributed by atoms with Gasteiger partial charge in [0.2, 0.25) is 0 Å². The molecule has 0 spiro atoms. The number of ether oxygens (including phenoxy) is 2. The summed E-state index contributed by atoms with van der Waals surface area (Å²) >= 11 is 0. The summed E-state index contributed by atoms with van der Waals surface area (Å²) in [5, 5.41) is 10.7. The smallest absolute Gasteiger partial charge is 0.270 e. The summed E-state index contributed by atoms with van der Waals surface area (Å²) in [4.78, 5) is 21.2. The Morgan fingerprint density at radius 3 is 2.46 bits per heavy atom. The van der Waals surface area contributed by atoms with E-state index in [0.717, 1.165) is 11.3 Å². The van der Waals surface area contributed by atoms with Gasteiger partial charge in [0.05, 0.1) is 10.5 Å². The highest BCUT2D eigenvalue weighted by Gasteiger charge is 2.11. The zero-order valence-corrected chi connectivity index (χ0v) is 13.0. The summed E-state index contributed by atoms with van der Waals surface area (Å²) < 4.78 is 11.2. The molecule has 0 aliphatic carbocycles. The third-order valence-corrected chi connectivity index (χ3v) is 3.27. The van der Waals surface area contributed by atoms with Gasteiger partial charge >= 0.3 is 0 Å². The largest absolute Gasteiger partial charge is 0.490 e. The van der Waals surface area contributed by atoms with Crippen molar-refractivity contribution >= 4 is 12.0 Å². The molecule has 0 atom stereocenters. The Hall–Kier alpha value is -3.15. The van der Waals surface area contributed by atoms with Crippen LogP contribution < -0.4 is 9.47 Å². The van der Waals surface area contributed by atoms with Gasteiger partial charge in [0.25, 0.3) is 5.69 Å². The lowest BCUT2D eigenvalue weighted by Gasteiger charge is -2.12. The molecular formula is C18H17NO5. The van der Waals surface area contributed by atoms with E-state index in [4.69, 9.17) is 9.47 Å². The summed E-state index contributed by atoms with van der Waals surface area (Å²) in [6.07, 6.45) is 3.03. The van der Waals surface area contributed by atoms with Crippen molar-refractivity contribution in [3.05, 3.63) is 76.4 Å². The topological polar surface area (TPSA) is 78.7 Å². The van der Waals surface area contributed by atoms with E-state index in [1.54, 1.807) is 6.08 Å². The van der Waals surface area contributed by atoms with Crippen LogP contribution in [0.3, 0.4) is 0 Å². The SMILES string of the molecule is C=CCc1ccccc1OCCOc1ccc([N+](=O)[O-])cc1C=O. The van der Waals surface area contributed by atoms with Crippen LogP contribution in [0, 0.1) is 10.1 Å². The van der Waals surface area contributed by atoms with Crippen LogP contribution in [0.2, 0.25) is 0 Å². The summed E-state index contributed by atoms with van der Waals surface area (Å²) in [5.74, 6) is 1.04. The number of nitro benzene ring substituents is 1. The van der Waals surface area contributed by atoms with Gasteiger partial charge in [0, 0.05) is 12.1 Å². The van der Waals surface area contributed by atoms with E-state index in [1.807, 2.05) is 24.3 Å². The lowest BCUT2D eigenvalue weighted by Crippen LogP contribution is -2.11. The predicted octanol–water partition coefficient (Wildman–Crippen LogP) is 3.59. The van der Waals surface area contributed by atoms with E-state index in [1.165, 1.54) is 18.2 Å². The number of allylic oxidation sites excluding steroid dienone is 1. The first-order valence-electron chi connectivity index (χ1n) is 7.33. The Bertz CT molecular complexity index is 742. The molecule has 0 saturated carbocycles. The molecule has 0 bridgehead atoms. The van der Waals surface area contributed by atoms with E-state index in [-0.39, 0.29) is 24.5 Å². The number of hydrogen-bond acceptors (Lipinski definition) is 5. The van der Waals surface area contributed by atoms with E-state index in [9.17, 15) is 14.9 Å². The van der Waals surface area contributed by atoms with Gasteiger partial charge in [-0.15, -0.1) is 6.58 Å². The highest BCUT2D eigenvalue weighted by molar-refractivity contribution is 5.80. The third-order valence-electron chi connectivity index (χ3n) is 3.27. The number of hydrogen-bond donors (Lipinski definition) is 0. The number of benzene rings is 2. The lowest BCUT2D eigenvalue weighted by atomic mass is 10.1. The zero-order valence-electron chi connectivity index (χ0n) is 13.0. The molecule has 2 rings (SSSR count). The second-order valence-electron chi connectivity index (χ2n) is 4.89. The fourth-order valence-electron chi connectivity index (χ4n) is 2.14. The van der Waals surface area contributed by atoms with Gasteiger partial charge in [0.15, 0.2) is 6.29 Å². The van der Waals surface area contributed by atoms with Crippen molar-refractivity contribution in [2.45, 2.75) is 6.42 Å². The van der Waals surface area contributed by atoms with Crippen molar-refractivity contribution in [3.8, 4) is 11.5 Å². The third kappa shape index (κ3) is 4.42. The van der Waals surface area contributed by atoms with Gasteiger partial charge in [-0.05, 0) is 24.1 Å². The minimum atomic E-state index is -0.559. The number of non-ortho nitro benzene ring substituents is 1. The van der Waals surface area contributed by atoms with Crippen molar-refractivity contribution < 1.29 is 19.2 Å². The van der Waals surface area contributed by atoms with E-state index in [2.05, 4.69) is 6.58 Å². The lowest BCUT2D eigenvalue weighted by molar-refractivity contribution is -0.384. The minimum absolute atomic E-state index is 0.135. The van der Waals surface area contributed by atoms with Crippen LogP contribution in [0.1, 0.15) is 15.9 Å². The molecule has 6 nitrogen and oxygen atoms in total. The van der Waals surface area contributed by atoms with Gasteiger partial charge in [-0.25, -0.2) is 0 Å². The fourth-order valence-corrected chi connectivity index (χ4v) is 2.14. The Labute approximate surface area is 139 Å². The number of aldehydes is 1. The first-order chi connectivity index (χ1) is 11.7. The average Bonchev–Trinajstić information content (AvgIpc) is 2.60. The van der Waals surface area contributed by atoms with Crippen molar-refractivity contribution in [2.24, 2.45) is 0 Å². The van der Waals surface area contributed by atoms with Gasteiger partial charge in [0.1, 0.15) is 24.7 Å². The maximum absolute atomic E-state index is 11.0. The summed E-state index contributed by atoms with van der Waals surface area (Å²) in [5.41, 5.74) is 1.01. The predicted molar refractivity (Wildman–Crippen MR) is 89.8 cm³/mol. The summed E-state index contributed by atoms with van der Waals surface area (Å²) in [6.45, 7) is 4.20. The van der Waals surface area contributed by atoms with Gasteiger partial charge < -0.3 is 9.47 Å². The van der Waals surface area contributed by atoms with Crippen molar-refractivity contribution in [2.75, 3.05) is 13.2 Å². The van der Waals surface area contributed by atoms with E-state index in [0.29, 0.717) is 18.5 Å². The first kappa shape index (κ1) is 17.2. The highest BCUT2D eigenvalue weighted by atomic mass is 16.6. The zero-order chi connectivity index (χ0) is 17.4. The minimum Gasteiger partial charge on any atom is -0.490 e. The molecule has 2 aromatic rings. The Kier molecular flexibility index (Phi) is 6.08. The van der Waals surface area contributed by atoms with Crippen LogP contribution >= 0.6 is 0 Å². The second kappa shape index (κ2) is 8.47. The van der Waals surface area contributed by atoms with E-state index >= 15 is 0 Å². The summed E-state index contributed by atoms with van der Waals surface area (Å²) in [6, 6.07) is 11.5. The molecule has 0 unspecified atom stereocenters.